The molecule has 9 heteroatoms. The van der Waals surface area contributed by atoms with Crippen molar-refractivity contribution in [2.75, 3.05) is 11.9 Å². The number of nitrogens with zero attached hydrogens (tertiary/aromatic N) is 4. The van der Waals surface area contributed by atoms with Crippen molar-refractivity contribution in [3.05, 3.63) is 72.1 Å². The summed E-state index contributed by atoms with van der Waals surface area (Å²) in [5.74, 6) is 0.646. The molecule has 2 bridgehead atoms. The van der Waals surface area contributed by atoms with E-state index in [0.717, 1.165) is 30.7 Å². The molecule has 32 heavy (non-hydrogen) atoms. The van der Waals surface area contributed by atoms with Gasteiger partial charge < -0.3 is 10.2 Å². The van der Waals surface area contributed by atoms with Crippen molar-refractivity contribution in [2.24, 2.45) is 5.92 Å². The number of amides is 1. The minimum absolute atomic E-state index is 0.0495. The highest BCUT2D eigenvalue weighted by Gasteiger charge is 2.47. The van der Waals surface area contributed by atoms with E-state index in [1.54, 1.807) is 18.3 Å². The van der Waals surface area contributed by atoms with Crippen LogP contribution in [0.5, 0.6) is 0 Å². The Kier molecular flexibility index (Phi) is 5.03. The largest absolute Gasteiger partial charge is 0.417 e. The van der Waals surface area contributed by atoms with Crippen LogP contribution >= 0.6 is 0 Å². The highest BCUT2D eigenvalue weighted by Crippen LogP contribution is 2.40. The molecular weight excluding hydrogens is 419 g/mol. The molecule has 1 saturated carbocycles. The average molecular weight is 439 g/mol. The van der Waals surface area contributed by atoms with Crippen molar-refractivity contribution in [1.29, 1.82) is 0 Å². The van der Waals surface area contributed by atoms with Gasteiger partial charge in [0.05, 0.1) is 17.3 Å². The molecule has 3 aromatic rings. The number of pyridine rings is 1. The molecule has 2 fully saturated rings. The van der Waals surface area contributed by atoms with Crippen molar-refractivity contribution in [3.63, 3.8) is 0 Å². The van der Waals surface area contributed by atoms with E-state index in [2.05, 4.69) is 20.5 Å². The Bertz CT molecular complexity index is 1120. The second kappa shape index (κ2) is 7.89. The van der Waals surface area contributed by atoms with Gasteiger partial charge in [-0.2, -0.15) is 23.4 Å². The van der Waals surface area contributed by atoms with E-state index in [1.165, 1.54) is 6.07 Å². The van der Waals surface area contributed by atoms with Gasteiger partial charge in [0, 0.05) is 36.1 Å². The summed E-state index contributed by atoms with van der Waals surface area (Å²) in [7, 11) is 0. The van der Waals surface area contributed by atoms with Gasteiger partial charge in [-0.1, -0.05) is 18.2 Å². The molecule has 3 atom stereocenters. The fourth-order valence-corrected chi connectivity index (χ4v) is 4.74. The third-order valence-electron chi connectivity index (χ3n) is 6.17. The Hall–Kier alpha value is -3.49. The first kappa shape index (κ1) is 20.4. The summed E-state index contributed by atoms with van der Waals surface area (Å²) in [5, 5.41) is 11.3. The zero-order chi connectivity index (χ0) is 22.3. The Morgan fingerprint density at radius 2 is 1.91 bits per heavy atom. The molecular formula is C23H20F3N5O. The first-order chi connectivity index (χ1) is 15.4. The summed E-state index contributed by atoms with van der Waals surface area (Å²) in [6.45, 7) is 0.664. The lowest BCUT2D eigenvalue weighted by Crippen LogP contribution is -2.47. The van der Waals surface area contributed by atoms with Gasteiger partial charge in [-0.15, -0.1) is 0 Å². The summed E-state index contributed by atoms with van der Waals surface area (Å²) in [4.78, 5) is 19.3. The molecule has 2 aliphatic rings. The fraction of sp³-hybridized carbons (Fsp3) is 0.304. The number of hydrogen-bond donors (Lipinski definition) is 1. The molecule has 0 radical (unpaired) electrons. The zero-order valence-electron chi connectivity index (χ0n) is 17.0. The molecule has 0 spiro atoms. The van der Waals surface area contributed by atoms with Crippen molar-refractivity contribution in [1.82, 2.24) is 20.1 Å². The molecule has 5 rings (SSSR count). The smallest absolute Gasteiger partial charge is 0.365 e. The van der Waals surface area contributed by atoms with E-state index >= 15 is 0 Å². The number of carbonyl (C=O) groups excluding carboxylic acids is 1. The number of alkyl halides is 3. The van der Waals surface area contributed by atoms with E-state index in [0.29, 0.717) is 29.5 Å². The Morgan fingerprint density at radius 3 is 2.59 bits per heavy atom. The minimum Gasteiger partial charge on any atom is -0.365 e. The number of hydrogen-bond acceptors (Lipinski definition) is 5. The van der Waals surface area contributed by atoms with Gasteiger partial charge in [-0.3, -0.25) is 4.79 Å². The van der Waals surface area contributed by atoms with E-state index < -0.39 is 11.7 Å². The third kappa shape index (κ3) is 3.79. The second-order valence-corrected chi connectivity index (χ2v) is 8.20. The van der Waals surface area contributed by atoms with Crippen molar-refractivity contribution >= 4 is 11.7 Å². The van der Waals surface area contributed by atoms with Gasteiger partial charge in [-0.05, 0) is 49.1 Å². The lowest BCUT2D eigenvalue weighted by atomic mass is 10.0. The molecule has 1 amide bonds. The standard InChI is InChI=1S/C23H20F3N5O/c24-23(25,26)15-7-8-21(27-12-15)29-19-10-14-11-20(19)31(13-14)22(32)17-5-2-1-4-16(17)18-6-3-9-28-30-18/h1-9,12,14,19-20H,10-11,13H2,(H,27,29)/t14-,19+,20-/m0/s1. The van der Waals surface area contributed by atoms with Gasteiger partial charge >= 0.3 is 6.18 Å². The van der Waals surface area contributed by atoms with Gasteiger partial charge in [0.25, 0.3) is 5.91 Å². The van der Waals surface area contributed by atoms with E-state index in [4.69, 9.17) is 0 Å². The van der Waals surface area contributed by atoms with Crippen molar-refractivity contribution in [3.8, 4) is 11.3 Å². The molecule has 1 aliphatic heterocycles. The molecule has 1 aliphatic carbocycles. The van der Waals surface area contributed by atoms with Crippen LogP contribution in [0, 0.1) is 5.92 Å². The predicted octanol–water partition coefficient (Wildman–Crippen LogP) is 4.27. The Labute approximate surface area is 182 Å². The zero-order valence-corrected chi connectivity index (χ0v) is 17.0. The summed E-state index contributed by atoms with van der Waals surface area (Å²) < 4.78 is 38.4. The van der Waals surface area contributed by atoms with Crippen LogP contribution in [0.4, 0.5) is 19.0 Å². The highest BCUT2D eigenvalue weighted by atomic mass is 19.4. The first-order valence-corrected chi connectivity index (χ1v) is 10.4. The van der Waals surface area contributed by atoms with Gasteiger partial charge in [0.15, 0.2) is 0 Å². The lowest BCUT2D eigenvalue weighted by molar-refractivity contribution is -0.137. The monoisotopic (exact) mass is 439 g/mol. The van der Waals surface area contributed by atoms with E-state index in [1.807, 2.05) is 29.2 Å². The van der Waals surface area contributed by atoms with Crippen LogP contribution in [0.2, 0.25) is 0 Å². The molecule has 2 aromatic heterocycles. The third-order valence-corrected chi connectivity index (χ3v) is 6.17. The van der Waals surface area contributed by atoms with Crippen LogP contribution in [0.25, 0.3) is 11.3 Å². The Balaban J connectivity index is 1.35. The second-order valence-electron chi connectivity index (χ2n) is 8.20. The number of benzene rings is 1. The molecule has 164 valence electrons. The quantitative estimate of drug-likeness (QED) is 0.657. The number of likely N-dealkylation sites (tertiary alicyclic amines) is 1. The van der Waals surface area contributed by atoms with Crippen LogP contribution in [-0.2, 0) is 6.18 Å². The summed E-state index contributed by atoms with van der Waals surface area (Å²) >= 11 is 0. The number of rotatable bonds is 4. The lowest BCUT2D eigenvalue weighted by Gasteiger charge is -2.34. The van der Waals surface area contributed by atoms with Crippen LogP contribution in [0.1, 0.15) is 28.8 Å². The maximum atomic E-state index is 13.5. The topological polar surface area (TPSA) is 71.0 Å². The van der Waals surface area contributed by atoms with Crippen LogP contribution in [0.15, 0.2) is 60.9 Å². The number of carbonyl (C=O) groups is 1. The van der Waals surface area contributed by atoms with Crippen LogP contribution < -0.4 is 5.32 Å². The molecule has 0 unspecified atom stereocenters. The van der Waals surface area contributed by atoms with E-state index in [-0.39, 0.29) is 18.0 Å². The van der Waals surface area contributed by atoms with Gasteiger partial charge in [-0.25, -0.2) is 4.98 Å². The summed E-state index contributed by atoms with van der Waals surface area (Å²) in [5.41, 5.74) is 1.13. The molecule has 1 saturated heterocycles. The maximum Gasteiger partial charge on any atom is 0.417 e. The fourth-order valence-electron chi connectivity index (χ4n) is 4.74. The number of halogens is 3. The van der Waals surface area contributed by atoms with Crippen molar-refractivity contribution in [2.45, 2.75) is 31.1 Å². The SMILES string of the molecule is O=C(c1ccccc1-c1cccnn1)N1C[C@H]2C[C@@H](Nc3ccc(C(F)(F)F)cn3)[C@@H]1C2. The molecule has 1 aromatic carbocycles. The predicted molar refractivity (Wildman–Crippen MR) is 112 cm³/mol. The normalized spacial score (nSPS) is 22.2. The van der Waals surface area contributed by atoms with Crippen LogP contribution in [0.3, 0.4) is 0 Å². The summed E-state index contributed by atoms with van der Waals surface area (Å²) in [6, 6.07) is 13.2. The maximum absolute atomic E-state index is 13.5. The number of anilines is 1. The molecule has 3 heterocycles. The minimum atomic E-state index is -4.42. The highest BCUT2D eigenvalue weighted by molar-refractivity contribution is 6.00. The van der Waals surface area contributed by atoms with E-state index in [9.17, 15) is 18.0 Å². The van der Waals surface area contributed by atoms with Gasteiger partial charge in [0.1, 0.15) is 5.82 Å². The summed E-state index contributed by atoms with van der Waals surface area (Å²) in [6.07, 6.45) is -0.299. The Morgan fingerprint density at radius 1 is 1.06 bits per heavy atom. The number of piperidine rings is 1. The molecule has 1 N–H and O–H groups in total. The van der Waals surface area contributed by atoms with Crippen LogP contribution in [-0.4, -0.2) is 44.6 Å². The average Bonchev–Trinajstić information content (AvgIpc) is 3.40. The number of nitrogens with one attached hydrogen (secondary N) is 1. The molecule has 6 nitrogen and oxygen atoms in total. The van der Waals surface area contributed by atoms with Gasteiger partial charge in [0.2, 0.25) is 0 Å². The number of fused-ring (bicyclic) bond motifs is 2. The number of aromatic nitrogens is 3. The van der Waals surface area contributed by atoms with Crippen molar-refractivity contribution < 1.29 is 18.0 Å². The first-order valence-electron chi connectivity index (χ1n) is 10.4.